The van der Waals surface area contributed by atoms with Gasteiger partial charge in [-0.25, -0.2) is 15.0 Å². The van der Waals surface area contributed by atoms with E-state index in [1.807, 2.05) is 0 Å². The number of aromatic nitrogens is 4. The summed E-state index contributed by atoms with van der Waals surface area (Å²) in [7, 11) is 0. The molecule has 4 saturated carbocycles. The number of carbonyl (C=O) groups excluding carboxylic acids is 1. The molecule has 7 nitrogen and oxygen atoms in total. The molecule has 194 valence electrons. The lowest BCUT2D eigenvalue weighted by Crippen LogP contribution is -2.50. The number of imidazole rings is 1. The number of aryl methyl sites for hydroxylation is 2. The average molecular weight is 491 g/mol. The van der Waals surface area contributed by atoms with E-state index < -0.39 is 0 Å². The minimum absolute atomic E-state index is 0.108. The third-order valence-corrected chi connectivity index (χ3v) is 10.3. The summed E-state index contributed by atoms with van der Waals surface area (Å²) in [6.07, 6.45) is 18.0. The summed E-state index contributed by atoms with van der Waals surface area (Å²) in [5, 5.41) is 3.45. The maximum absolute atomic E-state index is 13.2. The van der Waals surface area contributed by atoms with Crippen molar-refractivity contribution in [2.45, 2.75) is 103 Å². The first-order chi connectivity index (χ1) is 17.6. The van der Waals surface area contributed by atoms with E-state index in [1.54, 1.807) is 6.33 Å². The van der Waals surface area contributed by atoms with E-state index in [0.29, 0.717) is 5.41 Å². The standard InChI is InChI=1S/C29H42N6O/c1-19(14-29-15-20-11-21(16-29)13-22(12-20)17-29)32-28(36)23-6-9-34(10-7-23)26-25-27(31-18-30-26)35-8-4-2-3-5-24(35)33-25/h18-23H,2-17H2,1H3,(H,32,36)/t19-,20?,21?,22?,29?/m0/s1. The zero-order valence-corrected chi connectivity index (χ0v) is 21.9. The van der Waals surface area contributed by atoms with Crippen LogP contribution in [0.3, 0.4) is 0 Å². The van der Waals surface area contributed by atoms with Gasteiger partial charge in [0.25, 0.3) is 0 Å². The second-order valence-electron chi connectivity index (χ2n) is 13.2. The number of carbonyl (C=O) groups is 1. The Balaban J connectivity index is 0.974. The summed E-state index contributed by atoms with van der Waals surface area (Å²) < 4.78 is 2.30. The predicted molar refractivity (Wildman–Crippen MR) is 141 cm³/mol. The number of fused-ring (bicyclic) bond motifs is 3. The van der Waals surface area contributed by atoms with E-state index in [9.17, 15) is 4.79 Å². The van der Waals surface area contributed by atoms with Gasteiger partial charge in [-0.15, -0.1) is 0 Å². The lowest BCUT2D eigenvalue weighted by molar-refractivity contribution is -0.127. The summed E-state index contributed by atoms with van der Waals surface area (Å²) in [6.45, 7) is 4.98. The molecule has 1 saturated heterocycles. The van der Waals surface area contributed by atoms with Crippen LogP contribution in [0.1, 0.15) is 89.8 Å². The number of hydrogen-bond acceptors (Lipinski definition) is 5. The molecule has 6 aliphatic rings. The minimum Gasteiger partial charge on any atom is -0.355 e. The van der Waals surface area contributed by atoms with Crippen molar-refractivity contribution in [1.82, 2.24) is 24.8 Å². The van der Waals surface area contributed by atoms with Gasteiger partial charge in [-0.2, -0.15) is 0 Å². The molecule has 8 rings (SSSR count). The zero-order valence-electron chi connectivity index (χ0n) is 21.9. The molecule has 1 N–H and O–H groups in total. The molecule has 7 heteroatoms. The minimum atomic E-state index is 0.108. The Morgan fingerprint density at radius 1 is 1.03 bits per heavy atom. The number of hydrogen-bond donors (Lipinski definition) is 1. The van der Waals surface area contributed by atoms with Crippen molar-refractivity contribution in [3.8, 4) is 0 Å². The third kappa shape index (κ3) is 4.10. The molecule has 2 aliphatic heterocycles. The van der Waals surface area contributed by atoms with Gasteiger partial charge in [0.2, 0.25) is 5.91 Å². The quantitative estimate of drug-likeness (QED) is 0.646. The second-order valence-corrected chi connectivity index (χ2v) is 13.2. The number of rotatable bonds is 5. The Hall–Kier alpha value is -2.18. The molecule has 0 spiro atoms. The van der Waals surface area contributed by atoms with Gasteiger partial charge in [0.15, 0.2) is 17.0 Å². The summed E-state index contributed by atoms with van der Waals surface area (Å²) in [5.74, 6) is 5.41. The largest absolute Gasteiger partial charge is 0.355 e. The molecule has 2 aromatic heterocycles. The fraction of sp³-hybridized carbons (Fsp3) is 0.793. The van der Waals surface area contributed by atoms with E-state index in [1.165, 1.54) is 64.2 Å². The van der Waals surface area contributed by atoms with Gasteiger partial charge >= 0.3 is 0 Å². The first-order valence-corrected chi connectivity index (χ1v) is 14.8. The molecule has 4 heterocycles. The number of amides is 1. The van der Waals surface area contributed by atoms with Crippen LogP contribution in [0, 0.1) is 29.1 Å². The van der Waals surface area contributed by atoms with Gasteiger partial charge in [-0.3, -0.25) is 4.79 Å². The number of nitrogens with zero attached hydrogens (tertiary/aromatic N) is 5. The van der Waals surface area contributed by atoms with Crippen LogP contribution in [0.15, 0.2) is 6.33 Å². The highest BCUT2D eigenvalue weighted by Crippen LogP contribution is 2.61. The van der Waals surface area contributed by atoms with Crippen LogP contribution in [0.2, 0.25) is 0 Å². The Kier molecular flexibility index (Phi) is 5.73. The number of nitrogens with one attached hydrogen (secondary N) is 1. The van der Waals surface area contributed by atoms with Gasteiger partial charge in [0.1, 0.15) is 12.2 Å². The third-order valence-electron chi connectivity index (χ3n) is 10.3. The molecule has 4 aliphatic carbocycles. The molecule has 5 fully saturated rings. The molecule has 0 unspecified atom stereocenters. The van der Waals surface area contributed by atoms with E-state index in [2.05, 4.69) is 31.7 Å². The summed E-state index contributed by atoms with van der Waals surface area (Å²) in [4.78, 5) is 29.8. The molecule has 0 aromatic carbocycles. The van der Waals surface area contributed by atoms with E-state index in [4.69, 9.17) is 4.98 Å². The van der Waals surface area contributed by atoms with Crippen LogP contribution in [0.25, 0.3) is 11.2 Å². The van der Waals surface area contributed by atoms with Crippen LogP contribution in [0.4, 0.5) is 5.82 Å². The zero-order chi connectivity index (χ0) is 24.3. The highest BCUT2D eigenvalue weighted by atomic mass is 16.1. The summed E-state index contributed by atoms with van der Waals surface area (Å²) in [5.41, 5.74) is 2.45. The maximum atomic E-state index is 13.2. The molecule has 36 heavy (non-hydrogen) atoms. The van der Waals surface area contributed by atoms with Gasteiger partial charge in [0, 0.05) is 38.0 Å². The summed E-state index contributed by atoms with van der Waals surface area (Å²) >= 11 is 0. The van der Waals surface area contributed by atoms with E-state index >= 15 is 0 Å². The molecule has 0 radical (unpaired) electrons. The van der Waals surface area contributed by atoms with Crippen LogP contribution in [-0.4, -0.2) is 44.6 Å². The van der Waals surface area contributed by atoms with Crippen molar-refractivity contribution >= 4 is 22.9 Å². The maximum Gasteiger partial charge on any atom is 0.223 e. The Labute approximate surface area is 214 Å². The van der Waals surface area contributed by atoms with Gasteiger partial charge < -0.3 is 14.8 Å². The molecule has 4 bridgehead atoms. The Bertz CT molecular complexity index is 1100. The normalized spacial score (nSPS) is 32.9. The number of anilines is 1. The second kappa shape index (κ2) is 8.98. The van der Waals surface area contributed by atoms with Gasteiger partial charge in [-0.05, 0) is 101 Å². The van der Waals surface area contributed by atoms with Crippen molar-refractivity contribution in [3.63, 3.8) is 0 Å². The first kappa shape index (κ1) is 23.0. The highest BCUT2D eigenvalue weighted by Gasteiger charge is 2.51. The van der Waals surface area contributed by atoms with Crippen molar-refractivity contribution in [3.05, 3.63) is 12.2 Å². The average Bonchev–Trinajstić information content (AvgIpc) is 3.03. The van der Waals surface area contributed by atoms with Crippen molar-refractivity contribution in [2.75, 3.05) is 18.0 Å². The number of piperidine rings is 1. The van der Waals surface area contributed by atoms with Crippen LogP contribution >= 0.6 is 0 Å². The fourth-order valence-corrected chi connectivity index (χ4v) is 9.31. The smallest absolute Gasteiger partial charge is 0.223 e. The monoisotopic (exact) mass is 490 g/mol. The molecule has 1 atom stereocenters. The molecule has 1 amide bonds. The summed E-state index contributed by atoms with van der Waals surface area (Å²) in [6, 6.07) is 0.286. The molecule has 2 aromatic rings. The van der Waals surface area contributed by atoms with E-state index in [-0.39, 0.29) is 17.9 Å². The van der Waals surface area contributed by atoms with Crippen molar-refractivity contribution < 1.29 is 4.79 Å². The highest BCUT2D eigenvalue weighted by molar-refractivity contribution is 5.84. The molecular formula is C29H42N6O. The SMILES string of the molecule is C[C@@H](CC12CC3CC(CC(C3)C1)C2)NC(=O)C1CCN(c2ncnc3c2nc2n3CCCCC2)CC1. The van der Waals surface area contributed by atoms with E-state index in [0.717, 1.165) is 79.5 Å². The Morgan fingerprint density at radius 2 is 1.75 bits per heavy atom. The lowest BCUT2D eigenvalue weighted by atomic mass is 9.48. The molecular weight excluding hydrogens is 448 g/mol. The lowest BCUT2D eigenvalue weighted by Gasteiger charge is -2.57. The van der Waals surface area contributed by atoms with Crippen LogP contribution in [-0.2, 0) is 17.8 Å². The van der Waals surface area contributed by atoms with Crippen LogP contribution < -0.4 is 10.2 Å². The van der Waals surface area contributed by atoms with Gasteiger partial charge in [0.05, 0.1) is 0 Å². The van der Waals surface area contributed by atoms with Crippen LogP contribution in [0.5, 0.6) is 0 Å². The predicted octanol–water partition coefficient (Wildman–Crippen LogP) is 4.88. The topological polar surface area (TPSA) is 75.9 Å². The van der Waals surface area contributed by atoms with Gasteiger partial charge in [-0.1, -0.05) is 6.42 Å². The van der Waals surface area contributed by atoms with Crippen molar-refractivity contribution in [1.29, 1.82) is 0 Å². The van der Waals surface area contributed by atoms with Crippen molar-refractivity contribution in [2.24, 2.45) is 29.1 Å². The fourth-order valence-electron chi connectivity index (χ4n) is 9.31. The Morgan fingerprint density at radius 3 is 2.47 bits per heavy atom. The first-order valence-electron chi connectivity index (χ1n) is 14.8.